The standard InChI is InChI=1S/C28H29FN4O2/c1-35-22-8-9-23-24(12-22)31-27-25(15-34)33(13-19-5-4-6-20(29)11-19)18-28(26(23)27)16-32(17-28)14-21-7-2-3-10-30-21/h2-12,25,31,34H,13-18H2,1H3/t25-/m0/s1. The lowest BCUT2D eigenvalue weighted by molar-refractivity contribution is -0.0124. The van der Waals surface area contributed by atoms with Gasteiger partial charge in [0.1, 0.15) is 11.6 Å². The monoisotopic (exact) mass is 472 g/mol. The van der Waals surface area contributed by atoms with Gasteiger partial charge in [0.05, 0.1) is 25.5 Å². The van der Waals surface area contributed by atoms with Crippen LogP contribution in [0.5, 0.6) is 5.75 Å². The quantitative estimate of drug-likeness (QED) is 0.444. The van der Waals surface area contributed by atoms with Crippen LogP contribution in [0, 0.1) is 5.82 Å². The number of hydrogen-bond donors (Lipinski definition) is 2. The highest BCUT2D eigenvalue weighted by molar-refractivity contribution is 5.88. The molecule has 0 amide bonds. The van der Waals surface area contributed by atoms with Crippen LogP contribution in [0.1, 0.15) is 28.6 Å². The van der Waals surface area contributed by atoms with Crippen LogP contribution in [0.25, 0.3) is 10.9 Å². The van der Waals surface area contributed by atoms with Crippen molar-refractivity contribution in [1.82, 2.24) is 19.8 Å². The molecular weight excluding hydrogens is 443 g/mol. The molecule has 4 heterocycles. The number of methoxy groups -OCH3 is 1. The zero-order valence-electron chi connectivity index (χ0n) is 19.7. The van der Waals surface area contributed by atoms with Crippen molar-refractivity contribution in [2.24, 2.45) is 0 Å². The SMILES string of the molecule is COc1ccc2c3c([nH]c2c1)[C@H](CO)N(Cc1cccc(F)c1)CC31CN(Cc2ccccn2)C1. The summed E-state index contributed by atoms with van der Waals surface area (Å²) >= 11 is 0. The van der Waals surface area contributed by atoms with Gasteiger partial charge in [0, 0.05) is 67.0 Å². The van der Waals surface area contributed by atoms with E-state index >= 15 is 0 Å². The second kappa shape index (κ2) is 8.75. The third kappa shape index (κ3) is 3.89. The topological polar surface area (TPSA) is 64.6 Å². The molecule has 6 nitrogen and oxygen atoms in total. The van der Waals surface area contributed by atoms with Gasteiger partial charge in [-0.1, -0.05) is 18.2 Å². The summed E-state index contributed by atoms with van der Waals surface area (Å²) in [6, 6.07) is 18.7. The summed E-state index contributed by atoms with van der Waals surface area (Å²) in [5.74, 6) is 0.561. The van der Waals surface area contributed by atoms with Crippen LogP contribution >= 0.6 is 0 Å². The number of ether oxygens (including phenoxy) is 1. The molecule has 2 aromatic carbocycles. The Morgan fingerprint density at radius 3 is 2.71 bits per heavy atom. The summed E-state index contributed by atoms with van der Waals surface area (Å²) in [6.07, 6.45) is 1.84. The molecule has 1 fully saturated rings. The number of likely N-dealkylation sites (tertiary alicyclic amines) is 1. The Morgan fingerprint density at radius 1 is 1.09 bits per heavy atom. The van der Waals surface area contributed by atoms with Crippen molar-refractivity contribution < 1.29 is 14.2 Å². The third-order valence-corrected chi connectivity index (χ3v) is 7.46. The van der Waals surface area contributed by atoms with Crippen LogP contribution in [0.3, 0.4) is 0 Å². The van der Waals surface area contributed by atoms with Crippen molar-refractivity contribution in [2.45, 2.75) is 24.5 Å². The largest absolute Gasteiger partial charge is 0.497 e. The number of pyridine rings is 1. The molecule has 2 N–H and O–H groups in total. The fourth-order valence-corrected chi connectivity index (χ4v) is 6.05. The number of fused-ring (bicyclic) bond motifs is 4. The summed E-state index contributed by atoms with van der Waals surface area (Å²) in [7, 11) is 1.67. The first-order valence-electron chi connectivity index (χ1n) is 12.0. The lowest BCUT2D eigenvalue weighted by Crippen LogP contribution is -2.65. The molecule has 0 radical (unpaired) electrons. The fraction of sp³-hybridized carbons (Fsp3) is 0.321. The molecular formula is C28H29FN4O2. The van der Waals surface area contributed by atoms with E-state index in [1.807, 2.05) is 36.5 Å². The Bertz CT molecular complexity index is 1350. The van der Waals surface area contributed by atoms with Gasteiger partial charge in [-0.2, -0.15) is 0 Å². The maximum Gasteiger partial charge on any atom is 0.123 e. The van der Waals surface area contributed by atoms with Gasteiger partial charge in [-0.25, -0.2) is 4.39 Å². The summed E-state index contributed by atoms with van der Waals surface area (Å²) in [5, 5.41) is 11.7. The zero-order valence-corrected chi connectivity index (χ0v) is 19.7. The van der Waals surface area contributed by atoms with E-state index in [4.69, 9.17) is 4.74 Å². The highest BCUT2D eigenvalue weighted by Gasteiger charge is 2.52. The predicted molar refractivity (Wildman–Crippen MR) is 133 cm³/mol. The Hall–Kier alpha value is -3.26. The number of nitrogens with one attached hydrogen (secondary N) is 1. The van der Waals surface area contributed by atoms with E-state index in [0.717, 1.165) is 54.4 Å². The van der Waals surface area contributed by atoms with Gasteiger partial charge in [0.25, 0.3) is 0 Å². The van der Waals surface area contributed by atoms with Gasteiger partial charge in [-0.3, -0.25) is 14.8 Å². The number of aliphatic hydroxyl groups excluding tert-OH is 1. The summed E-state index contributed by atoms with van der Waals surface area (Å²) in [6.45, 7) is 3.95. The van der Waals surface area contributed by atoms with Crippen molar-refractivity contribution in [1.29, 1.82) is 0 Å². The third-order valence-electron chi connectivity index (χ3n) is 7.46. The van der Waals surface area contributed by atoms with Crippen LogP contribution in [0.15, 0.2) is 66.9 Å². The van der Waals surface area contributed by atoms with Gasteiger partial charge < -0.3 is 14.8 Å². The summed E-state index contributed by atoms with van der Waals surface area (Å²) < 4.78 is 19.4. The number of halogens is 1. The molecule has 1 spiro atoms. The average molecular weight is 473 g/mol. The Labute approximate surface area is 204 Å². The summed E-state index contributed by atoms with van der Waals surface area (Å²) in [5.41, 5.74) is 5.24. The summed E-state index contributed by atoms with van der Waals surface area (Å²) in [4.78, 5) is 12.8. The maximum atomic E-state index is 13.9. The average Bonchev–Trinajstić information content (AvgIpc) is 3.23. The highest BCUT2D eigenvalue weighted by atomic mass is 19.1. The van der Waals surface area contributed by atoms with Crippen LogP contribution in [0.2, 0.25) is 0 Å². The molecule has 2 aromatic heterocycles. The number of nitrogens with zero attached hydrogens (tertiary/aromatic N) is 3. The predicted octanol–water partition coefficient (Wildman–Crippen LogP) is 4.01. The van der Waals surface area contributed by atoms with Gasteiger partial charge in [-0.15, -0.1) is 0 Å². The lowest BCUT2D eigenvalue weighted by atomic mass is 9.68. The Kier molecular flexibility index (Phi) is 5.56. The molecule has 0 saturated carbocycles. The minimum absolute atomic E-state index is 0.0139. The minimum atomic E-state index is -0.238. The molecule has 4 aromatic rings. The number of rotatable bonds is 6. The Morgan fingerprint density at radius 2 is 1.97 bits per heavy atom. The van der Waals surface area contributed by atoms with Gasteiger partial charge in [0.15, 0.2) is 0 Å². The fourth-order valence-electron chi connectivity index (χ4n) is 6.05. The van der Waals surface area contributed by atoms with Crippen LogP contribution in [-0.2, 0) is 18.5 Å². The van der Waals surface area contributed by atoms with Crippen LogP contribution in [0.4, 0.5) is 4.39 Å². The van der Waals surface area contributed by atoms with Crippen molar-refractivity contribution >= 4 is 10.9 Å². The number of benzene rings is 2. The molecule has 1 saturated heterocycles. The van der Waals surface area contributed by atoms with Gasteiger partial charge in [-0.05, 0) is 47.5 Å². The first kappa shape index (κ1) is 22.2. The molecule has 2 aliphatic rings. The van der Waals surface area contributed by atoms with Crippen LogP contribution in [-0.4, -0.2) is 58.2 Å². The van der Waals surface area contributed by atoms with E-state index in [1.54, 1.807) is 19.2 Å². The van der Waals surface area contributed by atoms with E-state index in [-0.39, 0.29) is 23.9 Å². The van der Waals surface area contributed by atoms with Crippen molar-refractivity contribution in [3.8, 4) is 5.75 Å². The molecule has 2 aliphatic heterocycles. The molecule has 0 aliphatic carbocycles. The van der Waals surface area contributed by atoms with E-state index in [2.05, 4.69) is 31.9 Å². The van der Waals surface area contributed by atoms with E-state index in [0.29, 0.717) is 6.54 Å². The number of aliphatic hydroxyl groups is 1. The smallest absolute Gasteiger partial charge is 0.123 e. The van der Waals surface area contributed by atoms with E-state index < -0.39 is 0 Å². The first-order chi connectivity index (χ1) is 17.1. The molecule has 7 heteroatoms. The van der Waals surface area contributed by atoms with Crippen LogP contribution < -0.4 is 4.74 Å². The zero-order chi connectivity index (χ0) is 24.0. The number of aromatic nitrogens is 2. The maximum absolute atomic E-state index is 13.9. The minimum Gasteiger partial charge on any atom is -0.497 e. The molecule has 6 rings (SSSR count). The second-order valence-corrected chi connectivity index (χ2v) is 9.81. The van der Waals surface area contributed by atoms with Gasteiger partial charge in [0.2, 0.25) is 0 Å². The molecule has 1 atom stereocenters. The van der Waals surface area contributed by atoms with Gasteiger partial charge >= 0.3 is 0 Å². The number of H-pyrrole nitrogens is 1. The van der Waals surface area contributed by atoms with Crippen molar-refractivity contribution in [2.75, 3.05) is 33.4 Å². The Balaban J connectivity index is 1.39. The molecule has 0 bridgehead atoms. The van der Waals surface area contributed by atoms with Crippen molar-refractivity contribution in [3.63, 3.8) is 0 Å². The first-order valence-corrected chi connectivity index (χ1v) is 12.0. The number of hydrogen-bond acceptors (Lipinski definition) is 5. The lowest BCUT2D eigenvalue weighted by Gasteiger charge is -2.56. The molecule has 0 unspecified atom stereocenters. The molecule has 180 valence electrons. The second-order valence-electron chi connectivity index (χ2n) is 9.81. The van der Waals surface area contributed by atoms with E-state index in [1.165, 1.54) is 17.0 Å². The van der Waals surface area contributed by atoms with E-state index in [9.17, 15) is 9.50 Å². The highest BCUT2D eigenvalue weighted by Crippen LogP contribution is 2.49. The number of aromatic amines is 1. The van der Waals surface area contributed by atoms with Crippen molar-refractivity contribution in [3.05, 3.63) is 95.2 Å². The molecule has 35 heavy (non-hydrogen) atoms. The normalized spacial score (nSPS) is 19.6.